The number of Topliss-reactive ketones (excluding diaryl/α,β-unsaturated/α-hetero) is 1. The first-order valence-electron chi connectivity index (χ1n) is 11.9. The molecule has 0 aromatic carbocycles. The van der Waals surface area contributed by atoms with Crippen molar-refractivity contribution in [3.63, 3.8) is 0 Å². The molecule has 4 saturated carbocycles. The van der Waals surface area contributed by atoms with E-state index in [0.29, 0.717) is 34.9 Å². The molecule has 158 valence electrons. The number of carbonyl (C=O) groups is 2. The van der Waals surface area contributed by atoms with Crippen LogP contribution in [0.25, 0.3) is 0 Å². The predicted octanol–water partition coefficient (Wildman–Crippen LogP) is 5.80. The van der Waals surface area contributed by atoms with Crippen LogP contribution in [-0.4, -0.2) is 18.9 Å². The maximum absolute atomic E-state index is 12.1. The molecule has 0 radical (unpaired) electrons. The van der Waals surface area contributed by atoms with Gasteiger partial charge >= 0.3 is 5.97 Å². The van der Waals surface area contributed by atoms with Gasteiger partial charge in [-0.25, -0.2) is 0 Å². The first kappa shape index (κ1) is 20.4. The summed E-state index contributed by atoms with van der Waals surface area (Å²) in [7, 11) is 1.50. The summed E-state index contributed by atoms with van der Waals surface area (Å²) >= 11 is 0. The zero-order valence-electron chi connectivity index (χ0n) is 18.5. The van der Waals surface area contributed by atoms with E-state index >= 15 is 0 Å². The molecule has 0 spiro atoms. The molecule has 3 nitrogen and oxygen atoms in total. The van der Waals surface area contributed by atoms with Crippen molar-refractivity contribution in [1.29, 1.82) is 0 Å². The largest absolute Gasteiger partial charge is 0.469 e. The molecule has 3 heteroatoms. The Kier molecular flexibility index (Phi) is 5.42. The van der Waals surface area contributed by atoms with Crippen molar-refractivity contribution in [3.8, 4) is 0 Å². The Balaban J connectivity index is 1.49. The van der Waals surface area contributed by atoms with Crippen molar-refractivity contribution in [3.05, 3.63) is 0 Å². The van der Waals surface area contributed by atoms with E-state index in [1.54, 1.807) is 0 Å². The van der Waals surface area contributed by atoms with Crippen LogP contribution in [-0.2, 0) is 14.3 Å². The van der Waals surface area contributed by atoms with Gasteiger partial charge in [0.2, 0.25) is 0 Å². The number of hydrogen-bond acceptors (Lipinski definition) is 3. The summed E-state index contributed by atoms with van der Waals surface area (Å²) in [6, 6.07) is 0. The highest BCUT2D eigenvalue weighted by molar-refractivity contribution is 5.79. The molecular weight excluding hydrogens is 348 g/mol. The average Bonchev–Trinajstić information content (AvgIpc) is 3.03. The summed E-state index contributed by atoms with van der Waals surface area (Å²) in [4.78, 5) is 23.7. The molecule has 4 aliphatic carbocycles. The van der Waals surface area contributed by atoms with Crippen LogP contribution in [0.2, 0.25) is 0 Å². The van der Waals surface area contributed by atoms with Crippen LogP contribution in [0.4, 0.5) is 0 Å². The fourth-order valence-corrected chi connectivity index (χ4v) is 8.67. The van der Waals surface area contributed by atoms with Gasteiger partial charge in [-0.2, -0.15) is 0 Å². The minimum Gasteiger partial charge on any atom is -0.469 e. The van der Waals surface area contributed by atoms with Crippen molar-refractivity contribution in [2.45, 2.75) is 91.4 Å². The lowest BCUT2D eigenvalue weighted by Gasteiger charge is -2.60. The van der Waals surface area contributed by atoms with Gasteiger partial charge in [0.15, 0.2) is 0 Å². The molecule has 0 N–H and O–H groups in total. The molecule has 28 heavy (non-hydrogen) atoms. The van der Waals surface area contributed by atoms with Crippen LogP contribution in [0, 0.1) is 46.3 Å². The van der Waals surface area contributed by atoms with Gasteiger partial charge < -0.3 is 4.74 Å². The number of methoxy groups -OCH3 is 1. The second kappa shape index (κ2) is 7.43. The molecule has 0 saturated heterocycles. The van der Waals surface area contributed by atoms with Crippen molar-refractivity contribution >= 4 is 11.8 Å². The standard InChI is InChI=1S/C25H40O3/c1-16(5-10-23(27)28-4)20-8-9-21-19-7-6-17-15-18(26)11-13-24(17,2)22(19)12-14-25(20,21)3/h16-17,19-22H,5-15H2,1-4H3/t16-,17+,19+,20+,21-,22+,24-,25+/m0/s1. The zero-order valence-corrected chi connectivity index (χ0v) is 18.5. The topological polar surface area (TPSA) is 43.4 Å². The molecule has 4 rings (SSSR count). The van der Waals surface area contributed by atoms with Gasteiger partial charge in [0.1, 0.15) is 5.78 Å². The highest BCUT2D eigenvalue weighted by atomic mass is 16.5. The molecule has 0 unspecified atom stereocenters. The maximum Gasteiger partial charge on any atom is 0.305 e. The molecule has 0 aromatic heterocycles. The van der Waals surface area contributed by atoms with E-state index in [4.69, 9.17) is 4.74 Å². The van der Waals surface area contributed by atoms with E-state index in [9.17, 15) is 9.59 Å². The number of esters is 1. The average molecular weight is 389 g/mol. The fourth-order valence-electron chi connectivity index (χ4n) is 8.67. The smallest absolute Gasteiger partial charge is 0.305 e. The van der Waals surface area contributed by atoms with Crippen molar-refractivity contribution in [1.82, 2.24) is 0 Å². The van der Waals surface area contributed by atoms with Crippen LogP contribution in [0.1, 0.15) is 91.4 Å². The van der Waals surface area contributed by atoms with Crippen molar-refractivity contribution in [2.75, 3.05) is 7.11 Å². The SMILES string of the molecule is COC(=O)CC[C@H](C)[C@H]1CC[C@H]2[C@H]3CC[C@@H]4CC(=O)CC[C@]4(C)[C@@H]3CC[C@]12C. The van der Waals surface area contributed by atoms with E-state index in [-0.39, 0.29) is 5.97 Å². The molecule has 0 bridgehead atoms. The molecule has 0 amide bonds. The molecule has 0 heterocycles. The van der Waals surface area contributed by atoms with Gasteiger partial charge in [-0.05, 0) is 97.7 Å². The minimum absolute atomic E-state index is 0.0617. The van der Waals surface area contributed by atoms with Crippen molar-refractivity contribution < 1.29 is 14.3 Å². The molecule has 8 atom stereocenters. The van der Waals surface area contributed by atoms with Gasteiger partial charge in [-0.3, -0.25) is 9.59 Å². The summed E-state index contributed by atoms with van der Waals surface area (Å²) in [6.45, 7) is 7.49. The van der Waals surface area contributed by atoms with E-state index in [1.165, 1.54) is 45.6 Å². The van der Waals surface area contributed by atoms with E-state index < -0.39 is 0 Å². The van der Waals surface area contributed by atoms with E-state index in [1.807, 2.05) is 0 Å². The van der Waals surface area contributed by atoms with Crippen LogP contribution in [0.5, 0.6) is 0 Å². The van der Waals surface area contributed by atoms with Crippen LogP contribution in [0.15, 0.2) is 0 Å². The number of hydrogen-bond donors (Lipinski definition) is 0. The Morgan fingerprint density at radius 2 is 1.82 bits per heavy atom. The maximum atomic E-state index is 12.1. The van der Waals surface area contributed by atoms with Gasteiger partial charge in [-0.15, -0.1) is 0 Å². The molecule has 0 aliphatic heterocycles. The van der Waals surface area contributed by atoms with Gasteiger partial charge in [0, 0.05) is 19.3 Å². The Morgan fingerprint density at radius 3 is 2.57 bits per heavy atom. The van der Waals surface area contributed by atoms with E-state index in [2.05, 4.69) is 20.8 Å². The van der Waals surface area contributed by atoms with Crippen LogP contribution in [0.3, 0.4) is 0 Å². The van der Waals surface area contributed by atoms with Gasteiger partial charge in [0.05, 0.1) is 7.11 Å². The highest BCUT2D eigenvalue weighted by Crippen LogP contribution is 2.68. The second-order valence-corrected chi connectivity index (χ2v) is 11.2. The third-order valence-electron chi connectivity index (χ3n) is 10.3. The van der Waals surface area contributed by atoms with Crippen LogP contribution < -0.4 is 0 Å². The third-order valence-corrected chi connectivity index (χ3v) is 10.3. The number of ether oxygens (including phenoxy) is 1. The second-order valence-electron chi connectivity index (χ2n) is 11.2. The Bertz CT molecular complexity index is 627. The lowest BCUT2D eigenvalue weighted by atomic mass is 9.44. The highest BCUT2D eigenvalue weighted by Gasteiger charge is 2.60. The Labute approximate surface area is 171 Å². The molecular formula is C25H40O3. The number of fused-ring (bicyclic) bond motifs is 5. The van der Waals surface area contributed by atoms with Crippen LogP contribution >= 0.6 is 0 Å². The minimum atomic E-state index is -0.0617. The first-order chi connectivity index (χ1) is 13.3. The lowest BCUT2D eigenvalue weighted by Crippen LogP contribution is -2.53. The number of carbonyl (C=O) groups excluding carboxylic acids is 2. The molecule has 4 fully saturated rings. The lowest BCUT2D eigenvalue weighted by molar-refractivity contribution is -0.141. The summed E-state index contributed by atoms with van der Waals surface area (Å²) in [5.74, 6) is 5.01. The summed E-state index contributed by atoms with van der Waals surface area (Å²) in [6.07, 6.45) is 12.4. The normalized spacial score (nSPS) is 46.3. The molecule has 4 aliphatic rings. The summed E-state index contributed by atoms with van der Waals surface area (Å²) in [5, 5.41) is 0. The monoisotopic (exact) mass is 388 g/mol. The quantitative estimate of drug-likeness (QED) is 0.571. The Morgan fingerprint density at radius 1 is 1.07 bits per heavy atom. The Hall–Kier alpha value is -0.860. The zero-order chi connectivity index (χ0) is 20.1. The van der Waals surface area contributed by atoms with Gasteiger partial charge in [0.25, 0.3) is 0 Å². The van der Waals surface area contributed by atoms with E-state index in [0.717, 1.165) is 49.4 Å². The predicted molar refractivity (Wildman–Crippen MR) is 111 cm³/mol. The van der Waals surface area contributed by atoms with Crippen molar-refractivity contribution in [2.24, 2.45) is 46.3 Å². The molecule has 0 aromatic rings. The first-order valence-corrected chi connectivity index (χ1v) is 11.9. The summed E-state index contributed by atoms with van der Waals surface area (Å²) in [5.41, 5.74) is 0.858. The number of ketones is 1. The fraction of sp³-hybridized carbons (Fsp3) is 0.920. The third kappa shape index (κ3) is 3.16. The number of rotatable bonds is 4. The van der Waals surface area contributed by atoms with Gasteiger partial charge in [-0.1, -0.05) is 20.8 Å². The summed E-state index contributed by atoms with van der Waals surface area (Å²) < 4.78 is 4.87.